The topological polar surface area (TPSA) is 35.2 Å². The van der Waals surface area contributed by atoms with Crippen LogP contribution in [0.15, 0.2) is 45.3 Å². The Morgan fingerprint density at radius 3 is 2.55 bits per heavy atom. The monoisotopic (exact) mass is 401 g/mol. The molecule has 5 heteroatoms. The predicted octanol–water partition coefficient (Wildman–Crippen LogP) is 4.80. The molecule has 0 bridgehead atoms. The number of halogens is 3. The highest BCUT2D eigenvalue weighted by molar-refractivity contribution is 9.10. The minimum Gasteiger partial charge on any atom is -0.494 e. The Hall–Kier alpha value is -0.910. The Kier molecular flexibility index (Phi) is 5.18. The van der Waals surface area contributed by atoms with Gasteiger partial charge in [-0.3, -0.25) is 0 Å². The average molecular weight is 403 g/mol. The first-order chi connectivity index (χ1) is 9.54. The number of nitrogens with two attached hydrogens (primary N) is 1. The van der Waals surface area contributed by atoms with Crippen molar-refractivity contribution in [3.63, 3.8) is 0 Å². The molecule has 0 aromatic heterocycles. The van der Waals surface area contributed by atoms with Crippen LogP contribution < -0.4 is 10.5 Å². The van der Waals surface area contributed by atoms with Gasteiger partial charge in [0.15, 0.2) is 0 Å². The maximum Gasteiger partial charge on any atom is 0.129 e. The Labute approximate surface area is 134 Å². The van der Waals surface area contributed by atoms with Gasteiger partial charge in [0.1, 0.15) is 11.6 Å². The molecule has 0 aliphatic heterocycles. The second-order valence-corrected chi connectivity index (χ2v) is 5.94. The van der Waals surface area contributed by atoms with Crippen LogP contribution in [0, 0.1) is 5.82 Å². The highest BCUT2D eigenvalue weighted by Gasteiger charge is 2.19. The first kappa shape index (κ1) is 15.5. The number of rotatable bonds is 4. The molecule has 0 saturated carbocycles. The Morgan fingerprint density at radius 2 is 1.95 bits per heavy atom. The van der Waals surface area contributed by atoms with Gasteiger partial charge in [0, 0.05) is 14.5 Å². The van der Waals surface area contributed by atoms with E-state index in [1.165, 1.54) is 6.07 Å². The summed E-state index contributed by atoms with van der Waals surface area (Å²) in [6.07, 6.45) is 0. The Morgan fingerprint density at radius 1 is 1.20 bits per heavy atom. The molecule has 2 rings (SSSR count). The van der Waals surface area contributed by atoms with Gasteiger partial charge in [-0.2, -0.15) is 0 Å². The van der Waals surface area contributed by atoms with Gasteiger partial charge in [0.05, 0.1) is 12.6 Å². The molecule has 2 N–H and O–H groups in total. The summed E-state index contributed by atoms with van der Waals surface area (Å²) < 4.78 is 20.8. The third kappa shape index (κ3) is 3.22. The fraction of sp³-hybridized carbons (Fsp3) is 0.200. The van der Waals surface area contributed by atoms with E-state index in [1.807, 2.05) is 25.1 Å². The van der Waals surface area contributed by atoms with Crippen LogP contribution in [0.5, 0.6) is 5.75 Å². The van der Waals surface area contributed by atoms with E-state index in [4.69, 9.17) is 10.5 Å². The number of hydrogen-bond donors (Lipinski definition) is 1. The summed E-state index contributed by atoms with van der Waals surface area (Å²) in [4.78, 5) is 0. The fourth-order valence-electron chi connectivity index (χ4n) is 1.98. The molecule has 2 aromatic carbocycles. The maximum absolute atomic E-state index is 14.0. The van der Waals surface area contributed by atoms with Crippen LogP contribution in [0.4, 0.5) is 4.39 Å². The molecule has 0 heterocycles. The lowest BCUT2D eigenvalue weighted by Crippen LogP contribution is -2.15. The van der Waals surface area contributed by atoms with E-state index in [-0.39, 0.29) is 5.82 Å². The summed E-state index contributed by atoms with van der Waals surface area (Å²) >= 11 is 6.82. The molecule has 2 aromatic rings. The van der Waals surface area contributed by atoms with E-state index < -0.39 is 6.04 Å². The first-order valence-electron chi connectivity index (χ1n) is 6.16. The van der Waals surface area contributed by atoms with E-state index in [1.54, 1.807) is 12.1 Å². The predicted molar refractivity (Wildman–Crippen MR) is 85.4 cm³/mol. The van der Waals surface area contributed by atoms with Gasteiger partial charge >= 0.3 is 0 Å². The standard InChI is InChI=1S/C15H14Br2FNO/c1-2-20-9-6-7-10(12(17)8-9)15(19)14-11(16)4-3-5-13(14)18/h3-8,15H,2,19H2,1H3. The number of benzene rings is 2. The van der Waals surface area contributed by atoms with Gasteiger partial charge in [-0.05, 0) is 36.8 Å². The van der Waals surface area contributed by atoms with E-state index in [9.17, 15) is 4.39 Å². The largest absolute Gasteiger partial charge is 0.494 e. The molecule has 0 amide bonds. The molecule has 0 aliphatic rings. The third-order valence-electron chi connectivity index (χ3n) is 2.93. The van der Waals surface area contributed by atoms with Crippen molar-refractivity contribution in [3.8, 4) is 5.75 Å². The van der Waals surface area contributed by atoms with Crippen molar-refractivity contribution in [2.45, 2.75) is 13.0 Å². The van der Waals surface area contributed by atoms with Gasteiger partial charge < -0.3 is 10.5 Å². The van der Waals surface area contributed by atoms with Crippen molar-refractivity contribution in [3.05, 3.63) is 62.3 Å². The molecule has 106 valence electrons. The molecular formula is C15H14Br2FNO. The van der Waals surface area contributed by atoms with Crippen LogP contribution in [0.3, 0.4) is 0 Å². The zero-order valence-electron chi connectivity index (χ0n) is 10.9. The highest BCUT2D eigenvalue weighted by Crippen LogP contribution is 2.34. The van der Waals surface area contributed by atoms with Crippen molar-refractivity contribution in [1.29, 1.82) is 0 Å². The highest BCUT2D eigenvalue weighted by atomic mass is 79.9. The van der Waals surface area contributed by atoms with E-state index in [2.05, 4.69) is 31.9 Å². The lowest BCUT2D eigenvalue weighted by molar-refractivity contribution is 0.340. The fourth-order valence-corrected chi connectivity index (χ4v) is 3.17. The smallest absolute Gasteiger partial charge is 0.129 e. The zero-order chi connectivity index (χ0) is 14.7. The molecule has 0 saturated heterocycles. The number of hydrogen-bond acceptors (Lipinski definition) is 2. The van der Waals surface area contributed by atoms with Crippen LogP contribution in [0.25, 0.3) is 0 Å². The second kappa shape index (κ2) is 6.70. The van der Waals surface area contributed by atoms with Crippen LogP contribution in [-0.2, 0) is 0 Å². The summed E-state index contributed by atoms with van der Waals surface area (Å²) in [7, 11) is 0. The quantitative estimate of drug-likeness (QED) is 0.797. The van der Waals surface area contributed by atoms with Gasteiger partial charge in [-0.25, -0.2) is 4.39 Å². The van der Waals surface area contributed by atoms with Gasteiger partial charge in [0.25, 0.3) is 0 Å². The van der Waals surface area contributed by atoms with E-state index in [0.717, 1.165) is 15.8 Å². The summed E-state index contributed by atoms with van der Waals surface area (Å²) in [5.74, 6) is 0.426. The molecular weight excluding hydrogens is 389 g/mol. The SMILES string of the molecule is CCOc1ccc(C(N)c2c(F)cccc2Br)c(Br)c1. The molecule has 1 unspecified atom stereocenters. The van der Waals surface area contributed by atoms with Crippen LogP contribution in [0.1, 0.15) is 24.1 Å². The summed E-state index contributed by atoms with van der Waals surface area (Å²) in [6.45, 7) is 2.51. The summed E-state index contributed by atoms with van der Waals surface area (Å²) in [5, 5.41) is 0. The lowest BCUT2D eigenvalue weighted by Gasteiger charge is -2.17. The summed E-state index contributed by atoms with van der Waals surface area (Å²) in [5.41, 5.74) is 7.45. The molecule has 0 spiro atoms. The second-order valence-electron chi connectivity index (χ2n) is 4.23. The zero-order valence-corrected chi connectivity index (χ0v) is 14.0. The normalized spacial score (nSPS) is 12.2. The van der Waals surface area contributed by atoms with Gasteiger partial charge in [-0.15, -0.1) is 0 Å². The van der Waals surface area contributed by atoms with Crippen LogP contribution in [0.2, 0.25) is 0 Å². The third-order valence-corrected chi connectivity index (χ3v) is 4.31. The van der Waals surface area contributed by atoms with E-state index >= 15 is 0 Å². The van der Waals surface area contributed by atoms with Crippen LogP contribution >= 0.6 is 31.9 Å². The first-order valence-corrected chi connectivity index (χ1v) is 7.75. The van der Waals surface area contributed by atoms with E-state index in [0.29, 0.717) is 16.6 Å². The van der Waals surface area contributed by atoms with Crippen molar-refractivity contribution < 1.29 is 9.13 Å². The average Bonchev–Trinajstić information content (AvgIpc) is 2.38. The van der Waals surface area contributed by atoms with Crippen molar-refractivity contribution in [1.82, 2.24) is 0 Å². The van der Waals surface area contributed by atoms with Crippen molar-refractivity contribution >= 4 is 31.9 Å². The molecule has 1 atom stereocenters. The van der Waals surface area contributed by atoms with Gasteiger partial charge in [0.2, 0.25) is 0 Å². The molecule has 2 nitrogen and oxygen atoms in total. The minimum absolute atomic E-state index is 0.326. The van der Waals surface area contributed by atoms with Crippen molar-refractivity contribution in [2.24, 2.45) is 5.73 Å². The summed E-state index contributed by atoms with van der Waals surface area (Å²) in [6, 6.07) is 9.78. The Bertz CT molecular complexity index is 599. The molecule has 20 heavy (non-hydrogen) atoms. The van der Waals surface area contributed by atoms with Crippen LogP contribution in [-0.4, -0.2) is 6.61 Å². The molecule has 0 aliphatic carbocycles. The lowest BCUT2D eigenvalue weighted by atomic mass is 9.99. The van der Waals surface area contributed by atoms with Crippen molar-refractivity contribution in [2.75, 3.05) is 6.61 Å². The maximum atomic E-state index is 14.0. The van der Waals surface area contributed by atoms with Gasteiger partial charge in [-0.1, -0.05) is 44.0 Å². The number of ether oxygens (including phenoxy) is 1. The molecule has 0 radical (unpaired) electrons. The molecule has 0 fully saturated rings. The minimum atomic E-state index is -0.560. The Balaban J connectivity index is 2.41.